The van der Waals surface area contributed by atoms with Crippen molar-refractivity contribution in [2.75, 3.05) is 5.88 Å². The van der Waals surface area contributed by atoms with Gasteiger partial charge in [0.15, 0.2) is 0 Å². The van der Waals surface area contributed by atoms with Gasteiger partial charge in [-0.05, 0) is 18.3 Å². The molecule has 132 valence electrons. The maximum atomic E-state index is 9.61. The molecule has 1 atom stereocenters. The van der Waals surface area contributed by atoms with Gasteiger partial charge in [0.2, 0.25) is 0 Å². The summed E-state index contributed by atoms with van der Waals surface area (Å²) in [7, 11) is 0. The molecule has 2 nitrogen and oxygen atoms in total. The summed E-state index contributed by atoms with van der Waals surface area (Å²) < 4.78 is 0. The van der Waals surface area contributed by atoms with Crippen LogP contribution < -0.4 is 6.15 Å². The Labute approximate surface area is 148 Å². The molecule has 0 rings (SSSR count). The van der Waals surface area contributed by atoms with E-state index in [2.05, 4.69) is 20.8 Å². The van der Waals surface area contributed by atoms with Crippen LogP contribution in [0.1, 0.15) is 91.4 Å². The van der Waals surface area contributed by atoms with Crippen LogP contribution in [0.15, 0.2) is 0 Å². The second-order valence-electron chi connectivity index (χ2n) is 6.75. The molecule has 21 heavy (non-hydrogen) atoms. The fourth-order valence-corrected chi connectivity index (χ4v) is 2.82. The summed E-state index contributed by atoms with van der Waals surface area (Å²) in [5.74, 6) is 0.362. The van der Waals surface area contributed by atoms with Crippen molar-refractivity contribution in [2.45, 2.75) is 97.5 Å². The highest BCUT2D eigenvalue weighted by Gasteiger charge is 2.21. The minimum absolute atomic E-state index is 0. The third-order valence-corrected chi connectivity index (χ3v) is 4.28. The summed E-state index contributed by atoms with van der Waals surface area (Å²) in [5, 5.41) is 9.61. The Balaban J connectivity index is -0.00000162. The van der Waals surface area contributed by atoms with Crippen molar-refractivity contribution in [1.82, 2.24) is 6.15 Å². The van der Waals surface area contributed by atoms with Crippen molar-refractivity contribution in [1.29, 1.82) is 0 Å². The molecule has 4 heteroatoms. The molecule has 0 saturated heterocycles. The molecule has 0 saturated carbocycles. The first-order valence-corrected chi connectivity index (χ1v) is 8.79. The monoisotopic (exact) mass is 387 g/mol. The molecular weight excluding hydrogens is 350 g/mol. The van der Waals surface area contributed by atoms with E-state index in [1.807, 2.05) is 0 Å². The average Bonchev–Trinajstić information content (AvgIpc) is 2.36. The third-order valence-electron chi connectivity index (χ3n) is 3.92. The standard InChI is InChI=1S/C17H35ClO.BrH.H3N/c1-4-5-6-7-8-9-10-11-12-13-17(2,3)14-16(19)15-18;;/h16,19H,4-15H2,1-3H3;1H;1H3. The van der Waals surface area contributed by atoms with E-state index in [4.69, 9.17) is 11.6 Å². The van der Waals surface area contributed by atoms with Crippen molar-refractivity contribution in [2.24, 2.45) is 5.41 Å². The number of aliphatic hydroxyl groups is 1. The molecule has 4 N–H and O–H groups in total. The molecule has 0 aliphatic rings. The van der Waals surface area contributed by atoms with Crippen LogP contribution in [0.4, 0.5) is 0 Å². The number of hydrogen-bond donors (Lipinski definition) is 2. The van der Waals surface area contributed by atoms with Crippen molar-refractivity contribution in [3.8, 4) is 0 Å². The van der Waals surface area contributed by atoms with Crippen molar-refractivity contribution < 1.29 is 5.11 Å². The number of aliphatic hydroxyl groups excluding tert-OH is 1. The van der Waals surface area contributed by atoms with E-state index in [1.165, 1.54) is 64.2 Å². The molecule has 0 spiro atoms. The predicted octanol–water partition coefficient (Wildman–Crippen LogP) is 6.66. The van der Waals surface area contributed by atoms with Gasteiger partial charge in [-0.25, -0.2) is 0 Å². The van der Waals surface area contributed by atoms with E-state index >= 15 is 0 Å². The zero-order valence-electron chi connectivity index (χ0n) is 14.5. The summed E-state index contributed by atoms with van der Waals surface area (Å²) in [6.07, 6.45) is 14.1. The first kappa shape index (κ1) is 26.6. The van der Waals surface area contributed by atoms with Crippen LogP contribution in [-0.4, -0.2) is 17.1 Å². The lowest BCUT2D eigenvalue weighted by Gasteiger charge is -2.26. The van der Waals surface area contributed by atoms with Gasteiger partial charge in [-0.3, -0.25) is 0 Å². The second kappa shape index (κ2) is 17.1. The molecule has 0 amide bonds. The van der Waals surface area contributed by atoms with Gasteiger partial charge in [-0.1, -0.05) is 78.6 Å². The molecule has 0 aliphatic carbocycles. The molecule has 0 fully saturated rings. The van der Waals surface area contributed by atoms with Gasteiger partial charge in [0, 0.05) is 5.88 Å². The van der Waals surface area contributed by atoms with Gasteiger partial charge in [-0.15, -0.1) is 28.6 Å². The maximum Gasteiger partial charge on any atom is 0.0680 e. The topological polar surface area (TPSA) is 55.2 Å². The number of hydrogen-bond acceptors (Lipinski definition) is 2. The normalized spacial score (nSPS) is 12.4. The maximum absolute atomic E-state index is 9.61. The van der Waals surface area contributed by atoms with Gasteiger partial charge in [0.1, 0.15) is 0 Å². The average molecular weight is 389 g/mol. The van der Waals surface area contributed by atoms with Crippen LogP contribution in [0.5, 0.6) is 0 Å². The Kier molecular flexibility index (Phi) is 21.6. The van der Waals surface area contributed by atoms with Crippen LogP contribution in [0.2, 0.25) is 0 Å². The quantitative estimate of drug-likeness (QED) is 0.273. The lowest BCUT2D eigenvalue weighted by Crippen LogP contribution is -2.21. The number of unbranched alkanes of at least 4 members (excludes halogenated alkanes) is 8. The van der Waals surface area contributed by atoms with E-state index in [-0.39, 0.29) is 34.7 Å². The molecule has 0 aliphatic heterocycles. The van der Waals surface area contributed by atoms with E-state index in [0.717, 1.165) is 6.42 Å². The fraction of sp³-hybridized carbons (Fsp3) is 1.00. The van der Waals surface area contributed by atoms with E-state index in [9.17, 15) is 5.11 Å². The summed E-state index contributed by atoms with van der Waals surface area (Å²) in [6, 6.07) is 0. The smallest absolute Gasteiger partial charge is 0.0680 e. The molecule has 0 radical (unpaired) electrons. The largest absolute Gasteiger partial charge is 0.392 e. The first-order valence-electron chi connectivity index (χ1n) is 8.26. The Hall–Kier alpha value is 0.690. The summed E-state index contributed by atoms with van der Waals surface area (Å²) in [5.41, 5.74) is 0.232. The zero-order valence-corrected chi connectivity index (χ0v) is 17.0. The predicted molar refractivity (Wildman–Crippen MR) is 102 cm³/mol. The highest BCUT2D eigenvalue weighted by Crippen LogP contribution is 2.29. The Morgan fingerprint density at radius 3 is 1.76 bits per heavy atom. The molecule has 0 aromatic rings. The van der Waals surface area contributed by atoms with Gasteiger partial charge in [0.25, 0.3) is 0 Å². The van der Waals surface area contributed by atoms with Gasteiger partial charge >= 0.3 is 0 Å². The lowest BCUT2D eigenvalue weighted by molar-refractivity contribution is 0.125. The van der Waals surface area contributed by atoms with Crippen LogP contribution in [0.3, 0.4) is 0 Å². The molecule has 0 aromatic heterocycles. The van der Waals surface area contributed by atoms with Crippen molar-refractivity contribution in [3.63, 3.8) is 0 Å². The summed E-state index contributed by atoms with van der Waals surface area (Å²) >= 11 is 5.66. The molecule has 1 unspecified atom stereocenters. The first-order chi connectivity index (χ1) is 9.02. The third kappa shape index (κ3) is 18.6. The van der Waals surface area contributed by atoms with Gasteiger partial charge in [-0.2, -0.15) is 0 Å². The Morgan fingerprint density at radius 1 is 0.905 bits per heavy atom. The fourth-order valence-electron chi connectivity index (χ4n) is 2.71. The Bertz CT molecular complexity index is 203. The number of halogens is 2. The molecule has 0 aromatic carbocycles. The molecular formula is C17H39BrClNO. The summed E-state index contributed by atoms with van der Waals surface area (Å²) in [6.45, 7) is 6.75. The van der Waals surface area contributed by atoms with Crippen molar-refractivity contribution in [3.05, 3.63) is 0 Å². The van der Waals surface area contributed by atoms with Gasteiger partial charge in [0.05, 0.1) is 6.10 Å². The number of rotatable bonds is 13. The van der Waals surface area contributed by atoms with E-state index in [0.29, 0.717) is 5.88 Å². The lowest BCUT2D eigenvalue weighted by atomic mass is 9.82. The second-order valence-corrected chi connectivity index (χ2v) is 7.06. The van der Waals surface area contributed by atoms with Crippen LogP contribution in [0.25, 0.3) is 0 Å². The molecule has 0 heterocycles. The van der Waals surface area contributed by atoms with Gasteiger partial charge < -0.3 is 11.3 Å². The SMILES string of the molecule is Br.CCCCCCCCCCCC(C)(C)CC(O)CCl.N. The highest BCUT2D eigenvalue weighted by atomic mass is 79.9. The van der Waals surface area contributed by atoms with Crippen molar-refractivity contribution >= 4 is 28.6 Å². The zero-order chi connectivity index (χ0) is 14.6. The van der Waals surface area contributed by atoms with Crippen LogP contribution in [0, 0.1) is 5.41 Å². The van der Waals surface area contributed by atoms with Crippen LogP contribution >= 0.6 is 28.6 Å². The molecule has 0 bridgehead atoms. The minimum atomic E-state index is -0.338. The van der Waals surface area contributed by atoms with Crippen LogP contribution in [-0.2, 0) is 0 Å². The minimum Gasteiger partial charge on any atom is -0.392 e. The summed E-state index contributed by atoms with van der Waals surface area (Å²) in [4.78, 5) is 0. The highest BCUT2D eigenvalue weighted by molar-refractivity contribution is 8.93. The van der Waals surface area contributed by atoms with E-state index in [1.54, 1.807) is 0 Å². The number of alkyl halides is 1. The van der Waals surface area contributed by atoms with E-state index < -0.39 is 0 Å². The Morgan fingerprint density at radius 2 is 1.33 bits per heavy atom.